The number of unbranched alkanes of at least 4 members (excludes halogenated alkanes) is 29. The molecule has 10 nitrogen and oxygen atoms in total. The lowest BCUT2D eigenvalue weighted by Gasteiger charge is -2.39. The maximum Gasteiger partial charge on any atom is 0.306 e. The van der Waals surface area contributed by atoms with Gasteiger partial charge in [0.15, 0.2) is 12.4 Å². The number of aliphatic hydroxyl groups excluding tert-OH is 4. The first-order valence-corrected chi connectivity index (χ1v) is 27.1. The summed E-state index contributed by atoms with van der Waals surface area (Å²) in [5.41, 5.74) is 0. The Labute approximate surface area is 397 Å². The van der Waals surface area contributed by atoms with Crippen LogP contribution in [0, 0.1) is 0 Å². The molecule has 0 saturated carbocycles. The summed E-state index contributed by atoms with van der Waals surface area (Å²) in [5, 5.41) is 40.2. The Morgan fingerprint density at radius 1 is 0.477 bits per heavy atom. The van der Waals surface area contributed by atoms with Crippen LogP contribution in [0.2, 0.25) is 0 Å². The third-order valence-electron chi connectivity index (χ3n) is 12.5. The fraction of sp³-hybridized carbons (Fsp3) is 0.855. The van der Waals surface area contributed by atoms with Gasteiger partial charge in [0.25, 0.3) is 0 Å². The highest BCUT2D eigenvalue weighted by atomic mass is 16.7. The minimum Gasteiger partial charge on any atom is -0.462 e. The lowest BCUT2D eigenvalue weighted by Crippen LogP contribution is -2.59. The maximum atomic E-state index is 12.8. The van der Waals surface area contributed by atoms with Gasteiger partial charge in [0.05, 0.1) is 13.2 Å². The van der Waals surface area contributed by atoms with Crippen LogP contribution in [0.4, 0.5) is 0 Å². The SMILES string of the molecule is CCCCC/C=C\C/C=C\CCCCCCCCCCCC(=O)OC(COC(=O)CCCCCCCCCCC/C=C\CCCCCCCCCC)COC1OC(CO)C(O)C(O)C1O. The highest BCUT2D eigenvalue weighted by Crippen LogP contribution is 2.23. The minimum absolute atomic E-state index is 0.218. The van der Waals surface area contributed by atoms with Crippen molar-refractivity contribution < 1.29 is 49.0 Å². The van der Waals surface area contributed by atoms with E-state index in [4.69, 9.17) is 18.9 Å². The van der Waals surface area contributed by atoms with Gasteiger partial charge in [0, 0.05) is 12.8 Å². The summed E-state index contributed by atoms with van der Waals surface area (Å²) >= 11 is 0. The zero-order valence-electron chi connectivity index (χ0n) is 41.7. The predicted octanol–water partition coefficient (Wildman–Crippen LogP) is 13.0. The second kappa shape index (κ2) is 45.7. The van der Waals surface area contributed by atoms with E-state index in [-0.39, 0.29) is 32.0 Å². The van der Waals surface area contributed by atoms with E-state index in [1.165, 1.54) is 154 Å². The molecule has 0 aromatic carbocycles. The van der Waals surface area contributed by atoms with Crippen LogP contribution in [-0.2, 0) is 28.5 Å². The third kappa shape index (κ3) is 36.6. The molecule has 0 aromatic heterocycles. The van der Waals surface area contributed by atoms with Crippen LogP contribution in [0.3, 0.4) is 0 Å². The molecular weight excluding hydrogens is 821 g/mol. The van der Waals surface area contributed by atoms with Gasteiger partial charge in [0.2, 0.25) is 0 Å². The number of carbonyl (C=O) groups excluding carboxylic acids is 2. The number of hydrogen-bond acceptors (Lipinski definition) is 10. The normalized spacial score (nSPS) is 19.5. The van der Waals surface area contributed by atoms with Crippen LogP contribution < -0.4 is 0 Å². The van der Waals surface area contributed by atoms with E-state index in [1.807, 2.05) is 0 Å². The number of aliphatic hydroxyl groups is 4. The van der Waals surface area contributed by atoms with Gasteiger partial charge in [-0.1, -0.05) is 198 Å². The van der Waals surface area contributed by atoms with Crippen molar-refractivity contribution in [3.05, 3.63) is 36.5 Å². The molecule has 0 aliphatic carbocycles. The van der Waals surface area contributed by atoms with E-state index in [9.17, 15) is 30.0 Å². The molecule has 1 aliphatic rings. The smallest absolute Gasteiger partial charge is 0.306 e. The molecule has 0 spiro atoms. The average molecular weight is 921 g/mol. The van der Waals surface area contributed by atoms with E-state index in [1.54, 1.807) is 0 Å². The Morgan fingerprint density at radius 3 is 1.32 bits per heavy atom. The van der Waals surface area contributed by atoms with Crippen molar-refractivity contribution in [1.29, 1.82) is 0 Å². The van der Waals surface area contributed by atoms with E-state index in [0.29, 0.717) is 6.42 Å². The van der Waals surface area contributed by atoms with Crippen LogP contribution in [0.15, 0.2) is 36.5 Å². The molecule has 0 amide bonds. The van der Waals surface area contributed by atoms with E-state index in [2.05, 4.69) is 50.3 Å². The second-order valence-electron chi connectivity index (χ2n) is 18.7. The Bertz CT molecular complexity index is 1160. The molecule has 65 heavy (non-hydrogen) atoms. The predicted molar refractivity (Wildman–Crippen MR) is 266 cm³/mol. The zero-order chi connectivity index (χ0) is 47.3. The highest BCUT2D eigenvalue weighted by molar-refractivity contribution is 5.70. The van der Waals surface area contributed by atoms with E-state index >= 15 is 0 Å². The summed E-state index contributed by atoms with van der Waals surface area (Å²) in [6.07, 6.45) is 47.2. The number of ether oxygens (including phenoxy) is 4. The quantitative estimate of drug-likeness (QED) is 0.0264. The third-order valence-corrected chi connectivity index (χ3v) is 12.5. The molecular formula is C55H100O10. The van der Waals surface area contributed by atoms with Crippen LogP contribution in [0.1, 0.15) is 245 Å². The topological polar surface area (TPSA) is 152 Å². The summed E-state index contributed by atoms with van der Waals surface area (Å²) in [4.78, 5) is 25.5. The van der Waals surface area contributed by atoms with Crippen LogP contribution in [0.5, 0.6) is 0 Å². The molecule has 0 aromatic rings. The maximum absolute atomic E-state index is 12.8. The highest BCUT2D eigenvalue weighted by Gasteiger charge is 2.44. The fourth-order valence-electron chi connectivity index (χ4n) is 8.21. The lowest BCUT2D eigenvalue weighted by atomic mass is 9.99. The Balaban J connectivity index is 2.24. The van der Waals surface area contributed by atoms with Gasteiger partial charge in [0.1, 0.15) is 31.0 Å². The lowest BCUT2D eigenvalue weighted by molar-refractivity contribution is -0.305. The zero-order valence-corrected chi connectivity index (χ0v) is 41.7. The summed E-state index contributed by atoms with van der Waals surface area (Å²) in [6.45, 7) is 3.43. The molecule has 10 heteroatoms. The summed E-state index contributed by atoms with van der Waals surface area (Å²) in [7, 11) is 0. The monoisotopic (exact) mass is 921 g/mol. The van der Waals surface area contributed by atoms with Gasteiger partial charge in [-0.05, 0) is 70.6 Å². The Hall–Kier alpha value is -2.08. The van der Waals surface area contributed by atoms with E-state index in [0.717, 1.165) is 57.8 Å². The minimum atomic E-state index is -1.60. The molecule has 6 unspecified atom stereocenters. The van der Waals surface area contributed by atoms with Gasteiger partial charge in [-0.3, -0.25) is 9.59 Å². The molecule has 4 N–H and O–H groups in total. The van der Waals surface area contributed by atoms with Gasteiger partial charge in [-0.2, -0.15) is 0 Å². The summed E-state index contributed by atoms with van der Waals surface area (Å²) in [6, 6.07) is 0. The van der Waals surface area contributed by atoms with Gasteiger partial charge >= 0.3 is 11.9 Å². The van der Waals surface area contributed by atoms with Crippen molar-refractivity contribution >= 4 is 11.9 Å². The molecule has 0 bridgehead atoms. The first kappa shape index (κ1) is 60.9. The number of allylic oxidation sites excluding steroid dienone is 6. The van der Waals surface area contributed by atoms with Crippen LogP contribution in [0.25, 0.3) is 0 Å². The first-order chi connectivity index (χ1) is 31.8. The molecule has 1 rings (SSSR count). The largest absolute Gasteiger partial charge is 0.462 e. The van der Waals surface area contributed by atoms with Crippen molar-refractivity contribution in [2.24, 2.45) is 0 Å². The molecule has 1 aliphatic heterocycles. The molecule has 380 valence electrons. The average Bonchev–Trinajstić information content (AvgIpc) is 3.30. The van der Waals surface area contributed by atoms with Crippen LogP contribution in [-0.4, -0.2) is 89.0 Å². The van der Waals surface area contributed by atoms with Gasteiger partial charge < -0.3 is 39.4 Å². The molecule has 1 fully saturated rings. The van der Waals surface area contributed by atoms with E-state index < -0.39 is 49.4 Å². The van der Waals surface area contributed by atoms with Crippen molar-refractivity contribution in [3.63, 3.8) is 0 Å². The standard InChI is InChI=1S/C55H100O10/c1-3-5-7-9-11-13-15-17-19-21-23-24-26-27-29-31-33-35-37-39-41-43-50(57)62-46-48(47-63-55-54(61)53(60)52(59)49(45-56)65-55)64-51(58)44-42-40-38-36-34-32-30-28-25-22-20-18-16-14-12-10-8-6-4-2/h12,14,18,20-21,23,48-49,52-56,59-61H,3-11,13,15-17,19,22,24-47H2,1-2H3/b14-12-,20-18-,23-21-. The number of carbonyl (C=O) groups is 2. The Morgan fingerprint density at radius 2 is 0.862 bits per heavy atom. The first-order valence-electron chi connectivity index (χ1n) is 27.1. The van der Waals surface area contributed by atoms with Crippen LogP contribution >= 0.6 is 0 Å². The summed E-state index contributed by atoms with van der Waals surface area (Å²) in [5.74, 6) is -0.805. The van der Waals surface area contributed by atoms with Crippen molar-refractivity contribution in [2.75, 3.05) is 19.8 Å². The van der Waals surface area contributed by atoms with Crippen molar-refractivity contribution in [1.82, 2.24) is 0 Å². The van der Waals surface area contributed by atoms with Crippen molar-refractivity contribution in [3.8, 4) is 0 Å². The fourth-order valence-corrected chi connectivity index (χ4v) is 8.21. The van der Waals surface area contributed by atoms with Gasteiger partial charge in [-0.15, -0.1) is 0 Å². The number of esters is 2. The molecule has 6 atom stereocenters. The number of hydrogen-bond donors (Lipinski definition) is 4. The number of rotatable bonds is 46. The summed E-state index contributed by atoms with van der Waals surface area (Å²) < 4.78 is 22.3. The second-order valence-corrected chi connectivity index (χ2v) is 18.7. The Kier molecular flexibility index (Phi) is 42.8. The molecule has 1 saturated heterocycles. The molecule has 1 heterocycles. The van der Waals surface area contributed by atoms with Crippen molar-refractivity contribution in [2.45, 2.75) is 282 Å². The molecule has 0 radical (unpaired) electrons. The van der Waals surface area contributed by atoms with Gasteiger partial charge in [-0.25, -0.2) is 0 Å².